The van der Waals surface area contributed by atoms with Crippen LogP contribution in [-0.2, 0) is 0 Å². The smallest absolute Gasteiger partial charge is 0.357 e. The average molecular weight is 108 g/mol. The quantitative estimate of drug-likeness (QED) is 0.432. The molecule has 0 bridgehead atoms. The Morgan fingerprint density at radius 1 is 2.00 bits per heavy atom. The van der Waals surface area contributed by atoms with Crippen LogP contribution in [0.15, 0.2) is 0 Å². The van der Waals surface area contributed by atoms with Crippen LogP contribution < -0.4 is 0 Å². The van der Waals surface area contributed by atoms with E-state index in [1.54, 1.807) is 0 Å². The number of hydrogen-bond acceptors (Lipinski definition) is 2. The summed E-state index contributed by atoms with van der Waals surface area (Å²) in [4.78, 5) is 9.37. The lowest BCUT2D eigenvalue weighted by molar-refractivity contribution is 0.222. The molecule has 0 saturated heterocycles. The summed E-state index contributed by atoms with van der Waals surface area (Å²) in [5.74, 6) is 0. The summed E-state index contributed by atoms with van der Waals surface area (Å²) >= 11 is 0.935. The molecule has 5 heavy (non-hydrogen) atoms. The van der Waals surface area contributed by atoms with Crippen molar-refractivity contribution in [3.8, 4) is 0 Å². The van der Waals surface area contributed by atoms with E-state index in [0.29, 0.717) is 9.39 Å². The van der Waals surface area contributed by atoms with E-state index < -0.39 is 5.30 Å². The SMILES string of the molecule is O=C(O)S[SiH3]. The zero-order valence-corrected chi connectivity index (χ0v) is 5.58. The molecule has 0 aromatic rings. The minimum atomic E-state index is -0.767. The first-order valence-corrected chi connectivity index (χ1v) is 4.71. The second kappa shape index (κ2) is 2.28. The summed E-state index contributed by atoms with van der Waals surface area (Å²) in [6.45, 7) is 0. The maximum Gasteiger partial charge on any atom is 0.357 e. The van der Waals surface area contributed by atoms with Gasteiger partial charge in [-0.3, -0.25) is 0 Å². The van der Waals surface area contributed by atoms with Gasteiger partial charge in [-0.25, -0.2) is 4.79 Å². The van der Waals surface area contributed by atoms with Gasteiger partial charge in [-0.1, -0.05) is 11.2 Å². The highest BCUT2D eigenvalue weighted by molar-refractivity contribution is 8.31. The Kier molecular flexibility index (Phi) is 2.30. The molecule has 0 radical (unpaired) electrons. The lowest BCUT2D eigenvalue weighted by Crippen LogP contribution is -1.77. The molecule has 2 nitrogen and oxygen atoms in total. The Bertz CT molecular complexity index is 44.9. The predicted octanol–water partition coefficient (Wildman–Crippen LogP) is -0.322. The van der Waals surface area contributed by atoms with E-state index in [4.69, 9.17) is 5.11 Å². The predicted molar refractivity (Wildman–Crippen MR) is 25.6 cm³/mol. The molecule has 0 spiro atoms. The maximum absolute atomic E-state index is 9.37. The van der Waals surface area contributed by atoms with Gasteiger partial charge in [0.2, 0.25) is 0 Å². The van der Waals surface area contributed by atoms with E-state index in [0.717, 1.165) is 11.2 Å². The molecule has 0 atom stereocenters. The van der Waals surface area contributed by atoms with Gasteiger partial charge in [-0.05, 0) is 0 Å². The molecule has 4 heteroatoms. The number of carbonyl (C=O) groups is 1. The maximum atomic E-state index is 9.37. The van der Waals surface area contributed by atoms with Crippen LogP contribution >= 0.6 is 11.2 Å². The van der Waals surface area contributed by atoms with Gasteiger partial charge >= 0.3 is 5.30 Å². The van der Waals surface area contributed by atoms with Crippen LogP contribution in [0, 0.1) is 0 Å². The molecule has 0 unspecified atom stereocenters. The van der Waals surface area contributed by atoms with Crippen molar-refractivity contribution < 1.29 is 9.90 Å². The number of rotatable bonds is 0. The van der Waals surface area contributed by atoms with E-state index in [-0.39, 0.29) is 0 Å². The van der Waals surface area contributed by atoms with Crippen molar-refractivity contribution in [3.63, 3.8) is 0 Å². The summed E-state index contributed by atoms with van der Waals surface area (Å²) in [6, 6.07) is 0. The van der Waals surface area contributed by atoms with Gasteiger partial charge in [0.05, 0.1) is 9.39 Å². The van der Waals surface area contributed by atoms with Crippen molar-refractivity contribution in [2.75, 3.05) is 0 Å². The van der Waals surface area contributed by atoms with Crippen molar-refractivity contribution in [3.05, 3.63) is 0 Å². The molecule has 0 aromatic heterocycles. The zero-order valence-electron chi connectivity index (χ0n) is 2.76. The van der Waals surface area contributed by atoms with Gasteiger partial charge in [-0.2, -0.15) is 0 Å². The van der Waals surface area contributed by atoms with Crippen molar-refractivity contribution in [1.82, 2.24) is 0 Å². The first-order chi connectivity index (χ1) is 2.27. The standard InChI is InChI=1S/CH4O2SSi/c2-1(3)4-5/h5H3,(H,2,3). The molecule has 0 aromatic carbocycles. The molecule has 0 aliphatic rings. The molecule has 30 valence electrons. The molecular weight excluding hydrogens is 104 g/mol. The number of carboxylic acid groups (broad SMARTS) is 1. The fourth-order valence-corrected chi connectivity index (χ4v) is 0. The molecule has 0 heterocycles. The zero-order chi connectivity index (χ0) is 4.28. The monoisotopic (exact) mass is 108 g/mol. The van der Waals surface area contributed by atoms with Crippen LogP contribution in [0.25, 0.3) is 0 Å². The first-order valence-electron chi connectivity index (χ1n) is 1.04. The van der Waals surface area contributed by atoms with Crippen molar-refractivity contribution in [2.45, 2.75) is 0 Å². The fraction of sp³-hybridized carbons (Fsp3) is 0. The average Bonchev–Trinajstić information content (AvgIpc) is 1.38. The van der Waals surface area contributed by atoms with Crippen LogP contribution in [0.3, 0.4) is 0 Å². The minimum absolute atomic E-state index is 0.691. The third-order valence-electron chi connectivity index (χ3n) is 0.175. The second-order valence-electron chi connectivity index (χ2n) is 0.470. The third-order valence-corrected chi connectivity index (χ3v) is 1.57. The van der Waals surface area contributed by atoms with Crippen LogP contribution in [0.5, 0.6) is 0 Å². The summed E-state index contributed by atoms with van der Waals surface area (Å²) in [5.41, 5.74) is 0. The van der Waals surface area contributed by atoms with Gasteiger partial charge < -0.3 is 5.11 Å². The van der Waals surface area contributed by atoms with E-state index in [1.165, 1.54) is 0 Å². The molecule has 0 aliphatic heterocycles. The summed E-state index contributed by atoms with van der Waals surface area (Å²) in [7, 11) is 0.691. The van der Waals surface area contributed by atoms with Gasteiger partial charge in [0.1, 0.15) is 0 Å². The Morgan fingerprint density at radius 2 is 2.20 bits per heavy atom. The highest BCUT2D eigenvalue weighted by Crippen LogP contribution is 1.86. The Hall–Kier alpha value is 0.0369. The van der Waals surface area contributed by atoms with Gasteiger partial charge in [0.25, 0.3) is 0 Å². The molecule has 0 saturated carbocycles. The van der Waals surface area contributed by atoms with Crippen LogP contribution in [0.1, 0.15) is 0 Å². The molecule has 0 rings (SSSR count). The van der Waals surface area contributed by atoms with Crippen molar-refractivity contribution in [1.29, 1.82) is 0 Å². The van der Waals surface area contributed by atoms with E-state index >= 15 is 0 Å². The van der Waals surface area contributed by atoms with E-state index in [9.17, 15) is 4.79 Å². The van der Waals surface area contributed by atoms with Gasteiger partial charge in [-0.15, -0.1) is 0 Å². The molecule has 0 fully saturated rings. The van der Waals surface area contributed by atoms with Gasteiger partial charge in [0.15, 0.2) is 0 Å². The molecule has 0 aliphatic carbocycles. The van der Waals surface area contributed by atoms with Gasteiger partial charge in [0, 0.05) is 0 Å². The Morgan fingerprint density at radius 3 is 2.20 bits per heavy atom. The van der Waals surface area contributed by atoms with E-state index in [1.807, 2.05) is 0 Å². The van der Waals surface area contributed by atoms with E-state index in [2.05, 4.69) is 0 Å². The summed E-state index contributed by atoms with van der Waals surface area (Å²) in [5, 5.41) is 6.95. The molecule has 1 N–H and O–H groups in total. The lowest BCUT2D eigenvalue weighted by Gasteiger charge is -1.71. The second-order valence-corrected chi connectivity index (χ2v) is 2.45. The van der Waals surface area contributed by atoms with Crippen LogP contribution in [-0.4, -0.2) is 19.8 Å². The van der Waals surface area contributed by atoms with Crippen molar-refractivity contribution >= 4 is 25.9 Å². The van der Waals surface area contributed by atoms with Crippen LogP contribution in [0.4, 0.5) is 4.79 Å². The van der Waals surface area contributed by atoms with Crippen LogP contribution in [0.2, 0.25) is 0 Å². The normalized spacial score (nSPS) is 8.00. The highest BCUT2D eigenvalue weighted by atomic mass is 32.4. The summed E-state index contributed by atoms with van der Waals surface area (Å²) < 4.78 is 0. The Balaban J connectivity index is 2.85. The highest BCUT2D eigenvalue weighted by Gasteiger charge is 1.81. The largest absolute Gasteiger partial charge is 0.474 e. The molecule has 0 amide bonds. The fourth-order valence-electron chi connectivity index (χ4n) is 0. The topological polar surface area (TPSA) is 37.3 Å². The van der Waals surface area contributed by atoms with Crippen molar-refractivity contribution in [2.24, 2.45) is 0 Å². The summed E-state index contributed by atoms with van der Waals surface area (Å²) in [6.07, 6.45) is 0. The first kappa shape index (κ1) is 5.04. The molecular formula is CH4O2SSi. The Labute approximate surface area is 36.6 Å². The lowest BCUT2D eigenvalue weighted by atomic mass is 11.6. The third kappa shape index (κ3) is 4.04. The number of hydrogen-bond donors (Lipinski definition) is 1. The minimum Gasteiger partial charge on any atom is -0.474 e.